The number of aryl methyl sites for hydroxylation is 1. The Hall–Kier alpha value is -7.76. The molecule has 12 rings (SSSR count). The van der Waals surface area contributed by atoms with Crippen molar-refractivity contribution in [2.24, 2.45) is 0 Å². The lowest BCUT2D eigenvalue weighted by molar-refractivity contribution is 0.620. The molecule has 0 saturated carbocycles. The Morgan fingerprint density at radius 1 is 0.583 bits per heavy atom. The van der Waals surface area contributed by atoms with Crippen LogP contribution in [0, 0.1) is 12.7 Å². The molecule has 3 heterocycles. The van der Waals surface area contributed by atoms with Gasteiger partial charge < -0.3 is 8.98 Å². The predicted molar refractivity (Wildman–Crippen MR) is 243 cm³/mol. The van der Waals surface area contributed by atoms with Gasteiger partial charge in [0.1, 0.15) is 22.8 Å². The van der Waals surface area contributed by atoms with Crippen molar-refractivity contribution in [2.45, 2.75) is 12.3 Å². The minimum atomic E-state index is -0.882. The van der Waals surface area contributed by atoms with Gasteiger partial charge in [-0.15, -0.1) is 0 Å². The number of furan rings is 1. The summed E-state index contributed by atoms with van der Waals surface area (Å²) in [7, 11) is 0. The molecule has 5 heteroatoms. The lowest BCUT2D eigenvalue weighted by Gasteiger charge is -2.35. The van der Waals surface area contributed by atoms with Crippen molar-refractivity contribution < 1.29 is 8.81 Å². The first-order chi connectivity index (χ1) is 29.6. The van der Waals surface area contributed by atoms with Crippen LogP contribution >= 0.6 is 0 Å². The summed E-state index contributed by atoms with van der Waals surface area (Å²) in [5, 5.41) is 4.33. The molecular formula is C55H36FN3O. The van der Waals surface area contributed by atoms with Gasteiger partial charge in [0.2, 0.25) is 0 Å². The zero-order valence-corrected chi connectivity index (χ0v) is 32.7. The Bertz CT molecular complexity index is 3460. The summed E-state index contributed by atoms with van der Waals surface area (Å²) in [4.78, 5) is 7.42. The van der Waals surface area contributed by atoms with Gasteiger partial charge in [-0.25, -0.2) is 9.37 Å². The second-order valence-electron chi connectivity index (χ2n) is 15.7. The van der Waals surface area contributed by atoms with E-state index in [-0.39, 0.29) is 5.82 Å². The van der Waals surface area contributed by atoms with Gasteiger partial charge in [-0.05, 0) is 101 Å². The van der Waals surface area contributed by atoms with E-state index in [1.165, 1.54) is 11.5 Å². The Morgan fingerprint density at radius 2 is 1.30 bits per heavy atom. The minimum absolute atomic E-state index is 0.286. The number of nitrogens with zero attached hydrogens (tertiary/aromatic N) is 3. The number of fused-ring (bicyclic) bond motifs is 10. The summed E-state index contributed by atoms with van der Waals surface area (Å²) >= 11 is 0. The number of para-hydroxylation sites is 3. The van der Waals surface area contributed by atoms with Gasteiger partial charge >= 0.3 is 0 Å². The highest BCUT2D eigenvalue weighted by Crippen LogP contribution is 2.60. The second kappa shape index (κ2) is 13.1. The molecule has 0 radical (unpaired) electrons. The number of hydrogen-bond acceptors (Lipinski definition) is 3. The fourth-order valence-corrected chi connectivity index (χ4v) is 9.93. The van der Waals surface area contributed by atoms with Gasteiger partial charge in [0.25, 0.3) is 0 Å². The van der Waals surface area contributed by atoms with E-state index >= 15 is 4.39 Å². The van der Waals surface area contributed by atoms with E-state index in [2.05, 4.69) is 174 Å². The van der Waals surface area contributed by atoms with Gasteiger partial charge in [0.05, 0.1) is 27.5 Å². The maximum absolute atomic E-state index is 15.7. The van der Waals surface area contributed by atoms with Crippen molar-refractivity contribution in [2.75, 3.05) is 4.90 Å². The number of aromatic nitrogens is 2. The fraction of sp³-hybridized carbons (Fsp3) is 0.0364. The van der Waals surface area contributed by atoms with Gasteiger partial charge in [-0.1, -0.05) is 133 Å². The second-order valence-corrected chi connectivity index (χ2v) is 15.7. The highest BCUT2D eigenvalue weighted by molar-refractivity contribution is 6.19. The molecule has 0 aliphatic heterocycles. The number of benzene rings is 8. The molecule has 0 saturated heterocycles. The molecule has 1 aliphatic carbocycles. The Balaban J connectivity index is 1.24. The normalized spacial score (nSPS) is 14.6. The molecule has 0 fully saturated rings. The lowest BCUT2D eigenvalue weighted by Crippen LogP contribution is -2.29. The summed E-state index contributed by atoms with van der Waals surface area (Å²) in [6, 6.07) is 66.8. The van der Waals surface area contributed by atoms with Crippen molar-refractivity contribution in [1.29, 1.82) is 0 Å². The molecule has 0 bridgehead atoms. The van der Waals surface area contributed by atoms with E-state index in [1.807, 2.05) is 30.5 Å². The van der Waals surface area contributed by atoms with Crippen LogP contribution in [0.1, 0.15) is 27.8 Å². The molecule has 1 aliphatic rings. The molecule has 60 heavy (non-hydrogen) atoms. The number of anilines is 3. The highest BCUT2D eigenvalue weighted by atomic mass is 19.1. The monoisotopic (exact) mass is 773 g/mol. The van der Waals surface area contributed by atoms with Crippen molar-refractivity contribution in [3.05, 3.63) is 234 Å². The van der Waals surface area contributed by atoms with Crippen molar-refractivity contribution in [3.8, 4) is 16.8 Å². The molecule has 3 aromatic heterocycles. The van der Waals surface area contributed by atoms with Crippen LogP contribution in [-0.4, -0.2) is 9.55 Å². The zero-order valence-electron chi connectivity index (χ0n) is 32.7. The SMILES string of the molecule is Cc1ccc(N(c2ccc3c4ccccc4n(-c4ccccc4)c3c2)c2cc3c(c4oc5ccccc5c24)-c2ccccc2C3(c2ccccc2)c2cccc(F)c2)nc1. The maximum Gasteiger partial charge on any atom is 0.145 e. The molecule has 4 nitrogen and oxygen atoms in total. The third kappa shape index (κ3) is 4.86. The van der Waals surface area contributed by atoms with Crippen LogP contribution in [0.2, 0.25) is 0 Å². The number of halogens is 1. The first-order valence-corrected chi connectivity index (χ1v) is 20.3. The average Bonchev–Trinajstić information content (AvgIpc) is 3.94. The summed E-state index contributed by atoms with van der Waals surface area (Å²) in [6.45, 7) is 2.06. The van der Waals surface area contributed by atoms with E-state index < -0.39 is 5.41 Å². The Labute approximate surface area is 346 Å². The predicted octanol–water partition coefficient (Wildman–Crippen LogP) is 14.4. The van der Waals surface area contributed by atoms with Gasteiger partial charge in [0, 0.05) is 39.3 Å². The fourth-order valence-electron chi connectivity index (χ4n) is 9.93. The molecular weight excluding hydrogens is 738 g/mol. The Morgan fingerprint density at radius 3 is 2.12 bits per heavy atom. The highest BCUT2D eigenvalue weighted by Gasteiger charge is 2.48. The van der Waals surface area contributed by atoms with Gasteiger partial charge in [0.15, 0.2) is 0 Å². The Kier molecular flexibility index (Phi) is 7.51. The largest absolute Gasteiger partial charge is 0.455 e. The molecule has 0 N–H and O–H groups in total. The molecule has 11 aromatic rings. The number of rotatable bonds is 6. The van der Waals surface area contributed by atoms with Crippen molar-refractivity contribution >= 4 is 60.9 Å². The summed E-state index contributed by atoms with van der Waals surface area (Å²) in [5.74, 6) is 0.479. The van der Waals surface area contributed by atoms with Gasteiger partial charge in [-0.3, -0.25) is 4.90 Å². The van der Waals surface area contributed by atoms with E-state index in [9.17, 15) is 0 Å². The van der Waals surface area contributed by atoms with Crippen LogP contribution in [0.3, 0.4) is 0 Å². The van der Waals surface area contributed by atoms with Gasteiger partial charge in [-0.2, -0.15) is 0 Å². The lowest BCUT2D eigenvalue weighted by atomic mass is 9.67. The van der Waals surface area contributed by atoms with Crippen LogP contribution in [0.4, 0.5) is 21.6 Å². The van der Waals surface area contributed by atoms with Crippen molar-refractivity contribution in [1.82, 2.24) is 9.55 Å². The smallest absolute Gasteiger partial charge is 0.145 e. The van der Waals surface area contributed by atoms with E-state index in [1.54, 1.807) is 6.07 Å². The quantitative estimate of drug-likeness (QED) is 0.169. The molecule has 8 aromatic carbocycles. The topological polar surface area (TPSA) is 34.2 Å². The maximum atomic E-state index is 15.7. The first kappa shape index (κ1) is 34.3. The van der Waals surface area contributed by atoms with E-state index in [4.69, 9.17) is 9.40 Å². The average molecular weight is 774 g/mol. The number of pyridine rings is 1. The van der Waals surface area contributed by atoms with Crippen molar-refractivity contribution in [3.63, 3.8) is 0 Å². The van der Waals surface area contributed by atoms with E-state index in [0.29, 0.717) is 0 Å². The summed E-state index contributed by atoms with van der Waals surface area (Å²) in [6.07, 6.45) is 1.93. The van der Waals surface area contributed by atoms with Crippen LogP contribution in [-0.2, 0) is 5.41 Å². The van der Waals surface area contributed by atoms with Crippen LogP contribution in [0.15, 0.2) is 205 Å². The molecule has 1 atom stereocenters. The zero-order chi connectivity index (χ0) is 40.0. The molecule has 0 spiro atoms. The van der Waals surface area contributed by atoms with Crippen LogP contribution in [0.25, 0.3) is 60.6 Å². The first-order valence-electron chi connectivity index (χ1n) is 20.3. The standard InChI is InChI=1S/C55H36FN3O/c1-35-27-30-51(57-34-35)59(40-28-29-42-41-21-9-12-25-47(41)58(48(42)32-40)39-19-6-3-7-20-39)49-33-46-52(54-53(49)44-23-10-13-26-50(44)60-54)43-22-8-11-24-45(43)55(46,36-15-4-2-5-16-36)37-17-14-18-38(56)31-37/h2-34H,1H3. The third-order valence-electron chi connectivity index (χ3n) is 12.4. The van der Waals surface area contributed by atoms with Crippen LogP contribution < -0.4 is 4.90 Å². The number of hydrogen-bond donors (Lipinski definition) is 0. The third-order valence-corrected chi connectivity index (χ3v) is 12.4. The molecule has 284 valence electrons. The summed E-state index contributed by atoms with van der Waals surface area (Å²) < 4.78 is 25.1. The van der Waals surface area contributed by atoms with Crippen LogP contribution in [0.5, 0.6) is 0 Å². The van der Waals surface area contributed by atoms with E-state index in [0.717, 1.165) is 100 Å². The molecule has 1 unspecified atom stereocenters. The molecule has 0 amide bonds. The minimum Gasteiger partial charge on any atom is -0.455 e. The summed E-state index contributed by atoms with van der Waals surface area (Å²) in [5.41, 5.74) is 12.9.